The van der Waals surface area contributed by atoms with Gasteiger partial charge in [-0.1, -0.05) is 26.2 Å². The Bertz CT molecular complexity index is 818. The van der Waals surface area contributed by atoms with Crippen molar-refractivity contribution in [2.24, 2.45) is 5.73 Å². The number of hydrogen-bond donors (Lipinski definition) is 1. The Kier molecular flexibility index (Phi) is 7.33. The van der Waals surface area contributed by atoms with E-state index in [0.717, 1.165) is 81.0 Å². The van der Waals surface area contributed by atoms with E-state index in [4.69, 9.17) is 5.73 Å². The molecule has 2 aliphatic rings. The summed E-state index contributed by atoms with van der Waals surface area (Å²) in [5.41, 5.74) is 8.15. The lowest BCUT2D eigenvalue weighted by Crippen LogP contribution is -2.47. The van der Waals surface area contributed by atoms with Crippen LogP contribution in [0.25, 0.3) is 0 Å². The van der Waals surface area contributed by atoms with Crippen LogP contribution in [0.1, 0.15) is 77.6 Å². The van der Waals surface area contributed by atoms with Crippen LogP contribution < -0.4 is 10.6 Å². The molecule has 1 heterocycles. The molecule has 0 bridgehead atoms. The van der Waals surface area contributed by atoms with E-state index < -0.39 is 11.8 Å². The van der Waals surface area contributed by atoms with Gasteiger partial charge in [0.15, 0.2) is 6.19 Å². The van der Waals surface area contributed by atoms with Gasteiger partial charge in [0.25, 0.3) is 5.91 Å². The molecule has 7 nitrogen and oxygen atoms in total. The molecule has 0 atom stereocenters. The van der Waals surface area contributed by atoms with Gasteiger partial charge < -0.3 is 10.6 Å². The van der Waals surface area contributed by atoms with Gasteiger partial charge in [-0.3, -0.25) is 14.5 Å². The highest BCUT2D eigenvalue weighted by molar-refractivity contribution is 6.09. The second-order valence-corrected chi connectivity index (χ2v) is 8.41. The number of benzene rings is 1. The average molecular weight is 412 g/mol. The largest absolute Gasteiger partial charge is 0.369 e. The van der Waals surface area contributed by atoms with Crippen LogP contribution in [0, 0.1) is 11.5 Å². The van der Waals surface area contributed by atoms with Crippen molar-refractivity contribution >= 4 is 17.5 Å². The lowest BCUT2D eigenvalue weighted by molar-refractivity contribution is 0.0848. The Labute approximate surface area is 179 Å². The number of anilines is 1. The molecule has 162 valence electrons. The van der Waals surface area contributed by atoms with Crippen LogP contribution in [0.4, 0.5) is 5.69 Å². The molecule has 3 rings (SSSR count). The van der Waals surface area contributed by atoms with E-state index >= 15 is 0 Å². The summed E-state index contributed by atoms with van der Waals surface area (Å²) in [7, 11) is 1.44. The summed E-state index contributed by atoms with van der Waals surface area (Å²) in [6.07, 6.45) is 8.41. The third-order valence-electron chi connectivity index (χ3n) is 6.42. The Morgan fingerprint density at radius 3 is 2.40 bits per heavy atom. The SMILES string of the molecule is CCCN1CCN(c2ccc(C(N)=O)c(C(=O)N(C)C#N)c2C2CCCCC2)CC1. The van der Waals surface area contributed by atoms with Crippen LogP contribution in [0.2, 0.25) is 0 Å². The minimum atomic E-state index is -0.624. The van der Waals surface area contributed by atoms with Gasteiger partial charge in [0, 0.05) is 38.9 Å². The van der Waals surface area contributed by atoms with Crippen LogP contribution in [0.3, 0.4) is 0 Å². The van der Waals surface area contributed by atoms with Gasteiger partial charge in [0.1, 0.15) is 0 Å². The van der Waals surface area contributed by atoms with E-state index in [-0.39, 0.29) is 11.5 Å². The summed E-state index contributed by atoms with van der Waals surface area (Å²) >= 11 is 0. The number of carbonyl (C=O) groups excluding carboxylic acids is 2. The number of primary amides is 1. The van der Waals surface area contributed by atoms with Crippen molar-refractivity contribution in [1.29, 1.82) is 5.26 Å². The average Bonchev–Trinajstić information content (AvgIpc) is 2.78. The number of carbonyl (C=O) groups is 2. The fraction of sp³-hybridized carbons (Fsp3) is 0.609. The van der Waals surface area contributed by atoms with Crippen LogP contribution in [-0.2, 0) is 0 Å². The quantitative estimate of drug-likeness (QED) is 0.574. The Hall–Kier alpha value is -2.59. The number of rotatable bonds is 6. The predicted molar refractivity (Wildman–Crippen MR) is 117 cm³/mol. The number of hydrogen-bond acceptors (Lipinski definition) is 5. The standard InChI is InChI=1S/C23H33N5O2/c1-3-11-27-12-14-28(15-13-27)19-10-9-18(22(25)29)21(23(30)26(2)16-24)20(19)17-7-5-4-6-8-17/h9-10,17H,3-8,11-15H2,1-2H3,(H2,25,29). The summed E-state index contributed by atoms with van der Waals surface area (Å²) in [6, 6.07) is 3.63. The zero-order valence-corrected chi connectivity index (χ0v) is 18.2. The number of amides is 2. The predicted octanol–water partition coefficient (Wildman–Crippen LogP) is 2.92. The molecule has 0 radical (unpaired) electrons. The summed E-state index contributed by atoms with van der Waals surface area (Å²) < 4.78 is 0. The first-order valence-corrected chi connectivity index (χ1v) is 11.1. The van der Waals surface area contributed by atoms with Crippen molar-refractivity contribution in [3.05, 3.63) is 28.8 Å². The van der Waals surface area contributed by atoms with Crippen molar-refractivity contribution in [3.8, 4) is 6.19 Å². The van der Waals surface area contributed by atoms with E-state index in [1.165, 1.54) is 13.5 Å². The van der Waals surface area contributed by atoms with Crippen LogP contribution in [0.5, 0.6) is 0 Å². The third-order valence-corrected chi connectivity index (χ3v) is 6.42. The Morgan fingerprint density at radius 2 is 1.83 bits per heavy atom. The molecule has 1 saturated carbocycles. The maximum absolute atomic E-state index is 13.2. The summed E-state index contributed by atoms with van der Waals surface area (Å²) in [5.74, 6) is -0.868. The van der Waals surface area contributed by atoms with Crippen molar-refractivity contribution in [2.75, 3.05) is 44.7 Å². The molecule has 0 spiro atoms. The van der Waals surface area contributed by atoms with Gasteiger partial charge in [0.2, 0.25) is 5.91 Å². The monoisotopic (exact) mass is 411 g/mol. The molecule has 2 amide bonds. The molecule has 2 fully saturated rings. The van der Waals surface area contributed by atoms with Crippen molar-refractivity contribution in [1.82, 2.24) is 9.80 Å². The van der Waals surface area contributed by atoms with E-state index in [0.29, 0.717) is 5.56 Å². The molecule has 1 aromatic rings. The van der Waals surface area contributed by atoms with Crippen molar-refractivity contribution in [2.45, 2.75) is 51.4 Å². The molecular formula is C23H33N5O2. The highest BCUT2D eigenvalue weighted by atomic mass is 16.2. The summed E-state index contributed by atoms with van der Waals surface area (Å²) in [4.78, 5) is 31.2. The second-order valence-electron chi connectivity index (χ2n) is 8.41. The van der Waals surface area contributed by atoms with Gasteiger partial charge >= 0.3 is 0 Å². The number of nitrogens with zero attached hydrogens (tertiary/aromatic N) is 4. The Morgan fingerprint density at radius 1 is 1.17 bits per heavy atom. The van der Waals surface area contributed by atoms with Gasteiger partial charge in [-0.05, 0) is 49.4 Å². The normalized spacial score (nSPS) is 18.1. The fourth-order valence-electron chi connectivity index (χ4n) is 4.87. The molecule has 2 N–H and O–H groups in total. The van der Waals surface area contributed by atoms with Crippen LogP contribution in [0.15, 0.2) is 12.1 Å². The van der Waals surface area contributed by atoms with Crippen molar-refractivity contribution in [3.63, 3.8) is 0 Å². The molecular weight excluding hydrogens is 378 g/mol. The van der Waals surface area contributed by atoms with E-state index in [1.807, 2.05) is 12.3 Å². The maximum Gasteiger partial charge on any atom is 0.267 e. The fourth-order valence-corrected chi connectivity index (χ4v) is 4.87. The topological polar surface area (TPSA) is 93.7 Å². The van der Waals surface area contributed by atoms with Gasteiger partial charge in [-0.15, -0.1) is 0 Å². The van der Waals surface area contributed by atoms with E-state index in [2.05, 4.69) is 16.7 Å². The third kappa shape index (κ3) is 4.59. The highest BCUT2D eigenvalue weighted by Gasteiger charge is 2.32. The van der Waals surface area contributed by atoms with Crippen LogP contribution in [-0.4, -0.2) is 61.4 Å². The number of nitrogens with two attached hydrogens (primary N) is 1. The minimum absolute atomic E-state index is 0.202. The number of piperazine rings is 1. The second kappa shape index (κ2) is 9.94. The summed E-state index contributed by atoms with van der Waals surface area (Å²) in [5, 5.41) is 9.32. The van der Waals surface area contributed by atoms with Gasteiger partial charge in [-0.25, -0.2) is 4.90 Å². The molecule has 1 saturated heterocycles. The van der Waals surface area contributed by atoms with Gasteiger partial charge in [0.05, 0.1) is 11.1 Å². The molecule has 1 aliphatic carbocycles. The molecule has 1 aromatic carbocycles. The first-order valence-electron chi connectivity index (χ1n) is 11.1. The molecule has 30 heavy (non-hydrogen) atoms. The van der Waals surface area contributed by atoms with E-state index in [1.54, 1.807) is 6.07 Å². The lowest BCUT2D eigenvalue weighted by Gasteiger charge is -2.39. The zero-order valence-electron chi connectivity index (χ0n) is 18.2. The van der Waals surface area contributed by atoms with E-state index in [9.17, 15) is 14.9 Å². The zero-order chi connectivity index (χ0) is 21.7. The van der Waals surface area contributed by atoms with Crippen molar-refractivity contribution < 1.29 is 9.59 Å². The number of nitriles is 1. The lowest BCUT2D eigenvalue weighted by atomic mass is 9.79. The first-order chi connectivity index (χ1) is 14.5. The minimum Gasteiger partial charge on any atom is -0.369 e. The maximum atomic E-state index is 13.2. The first kappa shape index (κ1) is 22.1. The molecule has 0 unspecified atom stereocenters. The van der Waals surface area contributed by atoms with Gasteiger partial charge in [-0.2, -0.15) is 5.26 Å². The molecule has 0 aromatic heterocycles. The molecule has 7 heteroatoms. The highest BCUT2D eigenvalue weighted by Crippen LogP contribution is 2.41. The molecule has 1 aliphatic heterocycles. The summed E-state index contributed by atoms with van der Waals surface area (Å²) in [6.45, 7) is 7.03. The Balaban J connectivity index is 2.09. The smallest absolute Gasteiger partial charge is 0.267 e. The van der Waals surface area contributed by atoms with Crippen LogP contribution >= 0.6 is 0 Å².